The Hall–Kier alpha value is -1.27. The first kappa shape index (κ1) is 28.7. The van der Waals surface area contributed by atoms with Gasteiger partial charge in [-0.15, -0.1) is 0 Å². The van der Waals surface area contributed by atoms with Crippen molar-refractivity contribution >= 4 is 11.9 Å². The van der Waals surface area contributed by atoms with Crippen LogP contribution in [-0.2, 0) is 19.1 Å². The van der Waals surface area contributed by atoms with E-state index in [1.807, 2.05) is 0 Å². The number of alkyl halides is 3. The molecule has 0 saturated carbocycles. The second kappa shape index (κ2) is 15.5. The van der Waals surface area contributed by atoms with Crippen LogP contribution < -0.4 is 0 Å². The third kappa shape index (κ3) is 10.7. The minimum atomic E-state index is -4.66. The van der Waals surface area contributed by atoms with Gasteiger partial charge in [0.2, 0.25) is 0 Å². The highest BCUT2D eigenvalue weighted by Gasteiger charge is 2.49. The average molecular weight is 439 g/mol. The van der Waals surface area contributed by atoms with Crippen LogP contribution in [0.5, 0.6) is 0 Å². The highest BCUT2D eigenvalue weighted by atomic mass is 19.4. The highest BCUT2D eigenvalue weighted by molar-refractivity contribution is 6.00. The van der Waals surface area contributed by atoms with E-state index in [2.05, 4.69) is 11.7 Å². The molecule has 0 rings (SSSR count). The standard InChI is InChI=1S/C23H41F3O4/c1-5-8-9-10-11-12-13-14-15-16-17-18-29-20(27)22(6-2,7-3)21(28)30-19(4)23(24,25)26/h19H,5-18H2,1-4H3. The van der Waals surface area contributed by atoms with Crippen LogP contribution in [0.3, 0.4) is 0 Å². The normalized spacial score (nSPS) is 13.2. The Labute approximate surface area is 180 Å². The maximum Gasteiger partial charge on any atom is 0.425 e. The summed E-state index contributed by atoms with van der Waals surface area (Å²) in [6.45, 7) is 6.28. The largest absolute Gasteiger partial charge is 0.465 e. The molecule has 0 amide bonds. The van der Waals surface area contributed by atoms with E-state index >= 15 is 0 Å². The van der Waals surface area contributed by atoms with Crippen LogP contribution >= 0.6 is 0 Å². The van der Waals surface area contributed by atoms with Gasteiger partial charge in [-0.05, 0) is 26.2 Å². The Bertz CT molecular complexity index is 474. The number of carbonyl (C=O) groups is 2. The summed E-state index contributed by atoms with van der Waals surface area (Å²) in [4.78, 5) is 24.8. The summed E-state index contributed by atoms with van der Waals surface area (Å²) in [5, 5.41) is 0. The van der Waals surface area contributed by atoms with Crippen molar-refractivity contribution in [1.82, 2.24) is 0 Å². The van der Waals surface area contributed by atoms with Gasteiger partial charge in [0.05, 0.1) is 6.61 Å². The van der Waals surface area contributed by atoms with E-state index in [0.717, 1.165) is 26.2 Å². The molecule has 1 atom stereocenters. The van der Waals surface area contributed by atoms with E-state index in [1.54, 1.807) is 13.8 Å². The molecule has 0 aromatic rings. The molecule has 0 aliphatic heterocycles. The van der Waals surface area contributed by atoms with Crippen LogP contribution in [0.25, 0.3) is 0 Å². The van der Waals surface area contributed by atoms with E-state index in [4.69, 9.17) is 4.74 Å². The number of esters is 2. The molecular weight excluding hydrogens is 397 g/mol. The van der Waals surface area contributed by atoms with Crippen LogP contribution in [0.15, 0.2) is 0 Å². The van der Waals surface area contributed by atoms with Crippen molar-refractivity contribution in [2.45, 2.75) is 123 Å². The molecule has 0 aromatic carbocycles. The number of ether oxygens (including phenoxy) is 2. The lowest BCUT2D eigenvalue weighted by Gasteiger charge is -2.29. The molecular formula is C23H41F3O4. The molecule has 0 saturated heterocycles. The monoisotopic (exact) mass is 438 g/mol. The van der Waals surface area contributed by atoms with Crippen molar-refractivity contribution in [3.05, 3.63) is 0 Å². The summed E-state index contributed by atoms with van der Waals surface area (Å²) in [6, 6.07) is 0. The fourth-order valence-corrected chi connectivity index (χ4v) is 3.32. The van der Waals surface area contributed by atoms with Crippen molar-refractivity contribution in [1.29, 1.82) is 0 Å². The van der Waals surface area contributed by atoms with Gasteiger partial charge in [0.25, 0.3) is 0 Å². The van der Waals surface area contributed by atoms with Crippen molar-refractivity contribution in [3.63, 3.8) is 0 Å². The molecule has 0 spiro atoms. The fourth-order valence-electron chi connectivity index (χ4n) is 3.32. The number of rotatable bonds is 17. The average Bonchev–Trinajstić information content (AvgIpc) is 2.69. The first-order valence-corrected chi connectivity index (χ1v) is 11.6. The Morgan fingerprint density at radius 1 is 0.733 bits per heavy atom. The number of halogens is 3. The molecule has 1 unspecified atom stereocenters. The van der Waals surface area contributed by atoms with Gasteiger partial charge in [0.1, 0.15) is 0 Å². The molecule has 0 fully saturated rings. The van der Waals surface area contributed by atoms with E-state index in [-0.39, 0.29) is 19.4 Å². The summed E-state index contributed by atoms with van der Waals surface area (Å²) in [6.07, 6.45) is 5.91. The molecule has 4 nitrogen and oxygen atoms in total. The SMILES string of the molecule is CCCCCCCCCCCCCOC(=O)C(CC)(CC)C(=O)OC(C)C(F)(F)F. The maximum atomic E-state index is 12.7. The lowest BCUT2D eigenvalue weighted by atomic mass is 9.82. The van der Waals surface area contributed by atoms with Crippen LogP contribution in [0, 0.1) is 5.41 Å². The van der Waals surface area contributed by atoms with Gasteiger partial charge in [0.15, 0.2) is 11.5 Å². The summed E-state index contributed by atoms with van der Waals surface area (Å²) in [7, 11) is 0. The zero-order valence-electron chi connectivity index (χ0n) is 19.2. The van der Waals surface area contributed by atoms with Gasteiger partial charge >= 0.3 is 18.1 Å². The van der Waals surface area contributed by atoms with Crippen LogP contribution in [0.2, 0.25) is 0 Å². The van der Waals surface area contributed by atoms with E-state index in [0.29, 0.717) is 6.42 Å². The molecule has 0 aliphatic rings. The van der Waals surface area contributed by atoms with E-state index < -0.39 is 29.6 Å². The van der Waals surface area contributed by atoms with Crippen molar-refractivity contribution in [2.75, 3.05) is 6.61 Å². The summed E-state index contributed by atoms with van der Waals surface area (Å²) in [5.41, 5.74) is -1.68. The van der Waals surface area contributed by atoms with Gasteiger partial charge in [0, 0.05) is 0 Å². The molecule has 0 aliphatic carbocycles. The van der Waals surface area contributed by atoms with Crippen molar-refractivity contribution < 1.29 is 32.2 Å². The topological polar surface area (TPSA) is 52.6 Å². The number of unbranched alkanes of at least 4 members (excludes halogenated alkanes) is 10. The summed E-state index contributed by atoms with van der Waals surface area (Å²) >= 11 is 0. The lowest BCUT2D eigenvalue weighted by molar-refractivity contribution is -0.223. The molecule has 0 aromatic heterocycles. The quantitative estimate of drug-likeness (QED) is 0.138. The van der Waals surface area contributed by atoms with E-state index in [9.17, 15) is 22.8 Å². The number of hydrogen-bond donors (Lipinski definition) is 0. The predicted molar refractivity (Wildman–Crippen MR) is 112 cm³/mol. The zero-order chi connectivity index (χ0) is 23.0. The molecule has 0 N–H and O–H groups in total. The first-order valence-electron chi connectivity index (χ1n) is 11.6. The Morgan fingerprint density at radius 3 is 1.57 bits per heavy atom. The molecule has 30 heavy (non-hydrogen) atoms. The van der Waals surface area contributed by atoms with Crippen molar-refractivity contribution in [2.24, 2.45) is 5.41 Å². The van der Waals surface area contributed by atoms with Gasteiger partial charge in [-0.2, -0.15) is 13.2 Å². The molecule has 7 heteroatoms. The Balaban J connectivity index is 4.19. The summed E-state index contributed by atoms with van der Waals surface area (Å²) < 4.78 is 47.8. The van der Waals surface area contributed by atoms with Crippen molar-refractivity contribution in [3.8, 4) is 0 Å². The predicted octanol–water partition coefficient (Wildman–Crippen LogP) is 7.14. The first-order chi connectivity index (χ1) is 14.2. The van der Waals surface area contributed by atoms with Crippen LogP contribution in [-0.4, -0.2) is 30.8 Å². The van der Waals surface area contributed by atoms with E-state index in [1.165, 1.54) is 44.9 Å². The molecule has 0 bridgehead atoms. The molecule has 178 valence electrons. The third-order valence-corrected chi connectivity index (χ3v) is 5.71. The smallest absolute Gasteiger partial charge is 0.425 e. The second-order valence-electron chi connectivity index (χ2n) is 8.05. The van der Waals surface area contributed by atoms with Gasteiger partial charge in [-0.3, -0.25) is 9.59 Å². The Morgan fingerprint density at radius 2 is 1.17 bits per heavy atom. The minimum absolute atomic E-state index is 0.0317. The van der Waals surface area contributed by atoms with Crippen LogP contribution in [0.1, 0.15) is 111 Å². The number of carbonyl (C=O) groups excluding carboxylic acids is 2. The lowest BCUT2D eigenvalue weighted by Crippen LogP contribution is -2.44. The Kier molecular flexibility index (Phi) is 14.9. The second-order valence-corrected chi connectivity index (χ2v) is 8.05. The molecule has 0 radical (unpaired) electrons. The molecule has 0 heterocycles. The zero-order valence-corrected chi connectivity index (χ0v) is 19.2. The summed E-state index contributed by atoms with van der Waals surface area (Å²) in [5.74, 6) is -1.96. The van der Waals surface area contributed by atoms with Gasteiger partial charge in [-0.25, -0.2) is 0 Å². The minimum Gasteiger partial charge on any atom is -0.465 e. The maximum absolute atomic E-state index is 12.7. The van der Waals surface area contributed by atoms with Gasteiger partial charge < -0.3 is 9.47 Å². The van der Waals surface area contributed by atoms with Gasteiger partial charge in [-0.1, -0.05) is 85.0 Å². The number of hydrogen-bond acceptors (Lipinski definition) is 4. The highest BCUT2D eigenvalue weighted by Crippen LogP contribution is 2.33. The third-order valence-electron chi connectivity index (χ3n) is 5.71. The fraction of sp³-hybridized carbons (Fsp3) is 0.913. The van der Waals surface area contributed by atoms with Crippen LogP contribution in [0.4, 0.5) is 13.2 Å².